The third-order valence-corrected chi connectivity index (χ3v) is 8.19. The molecule has 3 aliphatic rings. The number of aromatic hydroxyl groups is 1. The Morgan fingerprint density at radius 2 is 1.83 bits per heavy atom. The molecule has 0 spiro atoms. The van der Waals surface area contributed by atoms with Crippen molar-refractivity contribution in [1.29, 1.82) is 0 Å². The van der Waals surface area contributed by atoms with Crippen molar-refractivity contribution in [2.45, 2.75) is 44.4 Å². The summed E-state index contributed by atoms with van der Waals surface area (Å²) in [5.41, 5.74) is 2.46. The summed E-state index contributed by atoms with van der Waals surface area (Å²) in [5.74, 6) is -7.83. The summed E-state index contributed by atoms with van der Waals surface area (Å²) in [5, 5.41) is 48.2. The van der Waals surface area contributed by atoms with Crippen molar-refractivity contribution in [1.82, 2.24) is 4.90 Å². The number of carbonyl (C=O) groups is 4. The van der Waals surface area contributed by atoms with Gasteiger partial charge >= 0.3 is 5.97 Å². The normalized spacial score (nSPS) is 26.3. The predicted molar refractivity (Wildman–Crippen MR) is 148 cm³/mol. The van der Waals surface area contributed by atoms with Crippen molar-refractivity contribution >= 4 is 34.8 Å². The Morgan fingerprint density at radius 1 is 1.20 bits per heavy atom. The molecule has 0 bridgehead atoms. The number of likely N-dealkylation sites (N-methyl/N-ethyl adjacent to an activating group) is 1. The van der Waals surface area contributed by atoms with E-state index >= 15 is 0 Å². The minimum Gasteiger partial charge on any atom is -0.510 e. The van der Waals surface area contributed by atoms with E-state index in [4.69, 9.17) is 10.5 Å². The zero-order valence-electron chi connectivity index (χ0n) is 23.8. The Morgan fingerprint density at radius 3 is 2.37 bits per heavy atom. The first-order valence-electron chi connectivity index (χ1n) is 13.2. The number of anilines is 2. The average molecular weight is 573 g/mol. The molecule has 4 rings (SSSR count). The van der Waals surface area contributed by atoms with Crippen molar-refractivity contribution in [2.24, 2.45) is 17.6 Å². The molecule has 13 heteroatoms. The van der Waals surface area contributed by atoms with E-state index in [0.717, 1.165) is 0 Å². The van der Waals surface area contributed by atoms with E-state index < -0.39 is 75.8 Å². The summed E-state index contributed by atoms with van der Waals surface area (Å²) in [6.45, 7) is 3.34. The van der Waals surface area contributed by atoms with Crippen LogP contribution in [0.1, 0.15) is 36.2 Å². The van der Waals surface area contributed by atoms with Crippen molar-refractivity contribution < 1.29 is 44.3 Å². The highest BCUT2D eigenvalue weighted by Crippen LogP contribution is 2.54. The molecule has 1 aromatic rings. The molecular formula is C28H36N4O9. The number of benzene rings is 1. The number of fused-ring (bicyclic) bond motifs is 3. The number of carbonyl (C=O) groups excluding carboxylic acids is 4. The molecule has 5 atom stereocenters. The van der Waals surface area contributed by atoms with Gasteiger partial charge in [-0.1, -0.05) is 0 Å². The van der Waals surface area contributed by atoms with Crippen LogP contribution in [0.5, 0.6) is 5.75 Å². The number of aliphatic hydroxyl groups excluding tert-OH is 2. The molecule has 222 valence electrons. The van der Waals surface area contributed by atoms with Gasteiger partial charge in [0.25, 0.3) is 5.91 Å². The van der Waals surface area contributed by atoms with E-state index in [2.05, 4.69) is 5.32 Å². The van der Waals surface area contributed by atoms with Crippen molar-refractivity contribution in [3.8, 4) is 5.75 Å². The number of primary amides is 1. The molecule has 13 nitrogen and oxygen atoms in total. The number of hydrogen-bond acceptors (Lipinski definition) is 12. The second-order valence-electron chi connectivity index (χ2n) is 11.1. The number of Topliss-reactive ketones (excluding diaryl/α,β-unsaturated/α-hetero) is 2. The van der Waals surface area contributed by atoms with Crippen molar-refractivity contribution in [2.75, 3.05) is 45.0 Å². The maximum absolute atomic E-state index is 14.0. The van der Waals surface area contributed by atoms with E-state index in [1.54, 1.807) is 46.1 Å². The van der Waals surface area contributed by atoms with Gasteiger partial charge in [-0.3, -0.25) is 19.3 Å². The van der Waals surface area contributed by atoms with Gasteiger partial charge in [0.05, 0.1) is 23.9 Å². The first-order valence-corrected chi connectivity index (χ1v) is 13.2. The minimum atomic E-state index is -2.72. The molecule has 7 N–H and O–H groups in total. The number of ketones is 2. The summed E-state index contributed by atoms with van der Waals surface area (Å²) in [7, 11) is 6.63. The second kappa shape index (κ2) is 10.4. The van der Waals surface area contributed by atoms with Crippen LogP contribution in [-0.2, 0) is 25.5 Å². The number of nitrogens with two attached hydrogens (primary N) is 1. The van der Waals surface area contributed by atoms with Gasteiger partial charge in [-0.15, -0.1) is 0 Å². The lowest BCUT2D eigenvalue weighted by atomic mass is 9.58. The van der Waals surface area contributed by atoms with E-state index in [1.807, 2.05) is 0 Å². The number of ether oxygens (including phenoxy) is 1. The van der Waals surface area contributed by atoms with Gasteiger partial charge in [-0.05, 0) is 58.3 Å². The van der Waals surface area contributed by atoms with Crippen molar-refractivity contribution in [3.63, 3.8) is 0 Å². The van der Waals surface area contributed by atoms with Gasteiger partial charge in [-0.25, -0.2) is 4.79 Å². The van der Waals surface area contributed by atoms with Gasteiger partial charge in [0.2, 0.25) is 5.78 Å². The van der Waals surface area contributed by atoms with Gasteiger partial charge in [-0.2, -0.15) is 0 Å². The first-order chi connectivity index (χ1) is 19.1. The largest absolute Gasteiger partial charge is 0.510 e. The third-order valence-electron chi connectivity index (χ3n) is 8.19. The molecule has 0 saturated carbocycles. The van der Waals surface area contributed by atoms with Crippen LogP contribution < -0.4 is 16.0 Å². The fourth-order valence-electron chi connectivity index (χ4n) is 6.37. The van der Waals surface area contributed by atoms with Crippen molar-refractivity contribution in [3.05, 3.63) is 39.9 Å². The fourth-order valence-corrected chi connectivity index (χ4v) is 6.37. The Hall–Kier alpha value is -4.10. The lowest BCUT2D eigenvalue weighted by Crippen LogP contribution is -2.63. The predicted octanol–water partition coefficient (Wildman–Crippen LogP) is 0.550. The lowest BCUT2D eigenvalue weighted by Gasteiger charge is -2.50. The molecule has 0 heterocycles. The Bertz CT molecular complexity index is 1410. The number of allylic oxidation sites excluding steroid dienone is 1. The van der Waals surface area contributed by atoms with Crippen LogP contribution in [0.2, 0.25) is 0 Å². The van der Waals surface area contributed by atoms with Crippen LogP contribution in [0.25, 0.3) is 0 Å². The minimum absolute atomic E-state index is 0.0146. The highest BCUT2D eigenvalue weighted by molar-refractivity contribution is 6.25. The van der Waals surface area contributed by atoms with Crippen LogP contribution in [0.3, 0.4) is 0 Å². The summed E-state index contributed by atoms with van der Waals surface area (Å²) in [4.78, 5) is 55.1. The second-order valence-corrected chi connectivity index (χ2v) is 11.1. The number of phenolic OH excluding ortho intramolecular Hbond substituents is 1. The Kier molecular flexibility index (Phi) is 7.56. The van der Waals surface area contributed by atoms with E-state index in [0.29, 0.717) is 11.3 Å². The number of hydrogen-bond donors (Lipinski definition) is 6. The van der Waals surface area contributed by atoms with Gasteiger partial charge < -0.3 is 41.1 Å². The molecule has 0 radical (unpaired) electrons. The lowest BCUT2D eigenvalue weighted by molar-refractivity contribution is -0.148. The van der Waals surface area contributed by atoms with Crippen LogP contribution >= 0.6 is 0 Å². The van der Waals surface area contributed by atoms with Crippen LogP contribution in [0, 0.1) is 11.8 Å². The quantitative estimate of drug-likeness (QED) is 0.151. The molecule has 1 aromatic carbocycles. The SMILES string of the molecule is CCOC(=O)C(C)Nc1cc(N(C)C)c2c(c1O)C(=O)C1=C(O)[C@@]3(O)C(=O)C(C(N)=O)=C(O)[C@H](N(C)C)[C@@H]3C[C@@H]1C2. The summed E-state index contributed by atoms with van der Waals surface area (Å²) in [6.07, 6.45) is 0.128. The smallest absolute Gasteiger partial charge is 0.328 e. The van der Waals surface area contributed by atoms with Gasteiger partial charge in [0.15, 0.2) is 11.4 Å². The molecule has 0 aliphatic heterocycles. The topological polar surface area (TPSA) is 203 Å². The summed E-state index contributed by atoms with van der Waals surface area (Å²) >= 11 is 0. The summed E-state index contributed by atoms with van der Waals surface area (Å²) in [6, 6.07) is -0.345. The molecule has 3 aliphatic carbocycles. The Balaban J connectivity index is 1.92. The van der Waals surface area contributed by atoms with Gasteiger partial charge in [0.1, 0.15) is 28.9 Å². The molecule has 41 heavy (non-hydrogen) atoms. The zero-order chi connectivity index (χ0) is 30.7. The molecular weight excluding hydrogens is 536 g/mol. The molecule has 1 unspecified atom stereocenters. The molecule has 1 amide bonds. The molecule has 0 saturated heterocycles. The number of rotatable bonds is 7. The monoisotopic (exact) mass is 572 g/mol. The average Bonchev–Trinajstić information content (AvgIpc) is 2.87. The molecule has 0 fully saturated rings. The number of aliphatic hydroxyl groups is 3. The van der Waals surface area contributed by atoms with Crippen LogP contribution in [-0.4, -0.2) is 101 Å². The fraction of sp³-hybridized carbons (Fsp3) is 0.500. The van der Waals surface area contributed by atoms with E-state index in [1.165, 1.54) is 11.8 Å². The number of nitrogens with one attached hydrogen (secondary N) is 1. The standard InChI is InChI=1S/C28H36N4O9/c1-7-41-27(39)11(2)30-15-10-16(31(3)4)13-8-12-9-14-20(32(5)6)23(35)19(26(29)38)25(37)28(14,40)24(36)17(12)22(34)18(13)21(15)33/h10-12,14,20,30,33,35-36,40H,7-9H2,1-6H3,(H2,29,38)/t11?,12-,14-,20+,28+/m0/s1. The highest BCUT2D eigenvalue weighted by Gasteiger charge is 2.63. The molecule has 0 aromatic heterocycles. The Labute approximate surface area is 236 Å². The number of nitrogens with zero attached hydrogens (tertiary/aromatic N) is 2. The van der Waals surface area contributed by atoms with Crippen LogP contribution in [0.4, 0.5) is 11.4 Å². The zero-order valence-corrected chi connectivity index (χ0v) is 23.8. The highest BCUT2D eigenvalue weighted by atomic mass is 16.5. The van der Waals surface area contributed by atoms with Crippen LogP contribution in [0.15, 0.2) is 28.7 Å². The van der Waals surface area contributed by atoms with E-state index in [9.17, 15) is 39.6 Å². The van der Waals surface area contributed by atoms with Gasteiger partial charge in [0, 0.05) is 31.3 Å². The number of esters is 1. The third kappa shape index (κ3) is 4.39. The number of phenols is 1. The maximum Gasteiger partial charge on any atom is 0.328 e. The number of amides is 1. The first kappa shape index (κ1) is 29.9. The maximum atomic E-state index is 14.0. The van der Waals surface area contributed by atoms with E-state index in [-0.39, 0.29) is 36.3 Å². The summed E-state index contributed by atoms with van der Waals surface area (Å²) < 4.78 is 5.02.